The molecule has 0 spiro atoms. The number of aromatic nitrogens is 4. The summed E-state index contributed by atoms with van der Waals surface area (Å²) in [4.78, 5) is 7.42. The fourth-order valence-corrected chi connectivity index (χ4v) is 2.86. The van der Waals surface area contributed by atoms with Gasteiger partial charge in [-0.05, 0) is 30.6 Å². The first-order valence-corrected chi connectivity index (χ1v) is 8.48. The van der Waals surface area contributed by atoms with Crippen molar-refractivity contribution in [2.75, 3.05) is 13.1 Å². The molecular formula is C17H29N7O2S. The normalized spacial score (nSPS) is 13.3. The maximum atomic E-state index is 9.03. The molecule has 1 aliphatic heterocycles. The van der Waals surface area contributed by atoms with E-state index >= 15 is 0 Å². The van der Waals surface area contributed by atoms with Gasteiger partial charge in [0.2, 0.25) is 0 Å². The summed E-state index contributed by atoms with van der Waals surface area (Å²) < 4.78 is 8.63. The lowest BCUT2D eigenvalue weighted by molar-refractivity contribution is 0.160. The molecule has 0 amide bonds. The molecule has 0 unspecified atom stereocenters. The van der Waals surface area contributed by atoms with E-state index in [4.69, 9.17) is 9.81 Å². The number of rotatable bonds is 3. The second-order valence-electron chi connectivity index (χ2n) is 5.43. The Balaban J connectivity index is 0. The highest BCUT2D eigenvalue weighted by Crippen LogP contribution is 2.30. The van der Waals surface area contributed by atoms with Crippen LogP contribution in [0.2, 0.25) is 0 Å². The lowest BCUT2D eigenvalue weighted by Gasteiger charge is -2.41. The number of nitrogens with one attached hydrogen (secondary N) is 2. The fraction of sp³-hybridized carbons (Fsp3) is 0.353. The smallest absolute Gasteiger partial charge is 0.137 e. The Morgan fingerprint density at radius 2 is 2.07 bits per heavy atom. The molecule has 0 saturated carbocycles. The molecule has 0 atom stereocenters. The maximum Gasteiger partial charge on any atom is 0.137 e. The van der Waals surface area contributed by atoms with Gasteiger partial charge in [0.05, 0.1) is 18.7 Å². The van der Waals surface area contributed by atoms with Gasteiger partial charge in [-0.2, -0.15) is 10.4 Å². The zero-order valence-corrected chi connectivity index (χ0v) is 16.4. The van der Waals surface area contributed by atoms with Crippen molar-refractivity contribution in [1.82, 2.24) is 31.2 Å². The molecule has 0 radical (unpaired) electrons. The molecular weight excluding hydrogens is 366 g/mol. The number of fused-ring (bicyclic) bond motifs is 1. The van der Waals surface area contributed by atoms with Crippen LogP contribution in [0.25, 0.3) is 22.2 Å². The molecule has 3 aromatic heterocycles. The third kappa shape index (κ3) is 4.65. The minimum absolute atomic E-state index is 0. The van der Waals surface area contributed by atoms with Gasteiger partial charge < -0.3 is 26.5 Å². The zero-order chi connectivity index (χ0) is 18.3. The average molecular weight is 396 g/mol. The minimum Gasteiger partial charge on any atom is -0.412 e. The Morgan fingerprint density at radius 3 is 2.67 bits per heavy atom. The van der Waals surface area contributed by atoms with E-state index in [-0.39, 0.29) is 18.6 Å². The predicted octanol–water partition coefficient (Wildman–Crippen LogP) is 2.64. The summed E-state index contributed by atoms with van der Waals surface area (Å²) in [5.41, 5.74) is 2.83. The maximum absolute atomic E-state index is 9.03. The predicted molar refractivity (Wildman–Crippen MR) is 112 cm³/mol. The van der Waals surface area contributed by atoms with E-state index in [0.29, 0.717) is 6.42 Å². The van der Waals surface area contributed by atoms with Gasteiger partial charge in [0.25, 0.3) is 0 Å². The number of aromatic amines is 1. The molecule has 1 aliphatic rings. The first-order chi connectivity index (χ1) is 12.3. The molecule has 4 heterocycles. The first-order valence-electron chi connectivity index (χ1n) is 8.08. The van der Waals surface area contributed by atoms with Crippen molar-refractivity contribution in [2.24, 2.45) is 0 Å². The Bertz CT molecular complexity index is 858. The quantitative estimate of drug-likeness (QED) is 0.337. The molecule has 0 bridgehead atoms. The third-order valence-electron chi connectivity index (χ3n) is 4.16. The fourth-order valence-electron chi connectivity index (χ4n) is 2.86. The summed E-state index contributed by atoms with van der Waals surface area (Å²) in [6.07, 6.45) is 8.04. The molecule has 9 nitrogen and oxygen atoms in total. The van der Waals surface area contributed by atoms with Crippen LogP contribution in [0.4, 0.5) is 0 Å². The molecule has 0 aliphatic carbocycles. The van der Waals surface area contributed by atoms with E-state index < -0.39 is 0 Å². The number of nitrogens with zero attached hydrogens (tertiary/aromatic N) is 4. The Morgan fingerprint density at radius 1 is 1.37 bits per heavy atom. The number of thiol groups is 1. The molecule has 0 aromatic carbocycles. The SMILES string of the molecule is CC.N.N#CCC1(n2cc(-c3ccnc4[nH]ccc34)cn2)CNC1.O.OS.[HH]. The number of pyridine rings is 1. The van der Waals surface area contributed by atoms with Crippen molar-refractivity contribution in [1.29, 1.82) is 5.26 Å². The Labute approximate surface area is 165 Å². The van der Waals surface area contributed by atoms with E-state index in [1.165, 1.54) is 0 Å². The van der Waals surface area contributed by atoms with Gasteiger partial charge >= 0.3 is 0 Å². The molecule has 4 rings (SSSR count). The van der Waals surface area contributed by atoms with Crippen molar-refractivity contribution < 1.29 is 11.5 Å². The summed E-state index contributed by atoms with van der Waals surface area (Å²) >= 11 is 2.53. The third-order valence-corrected chi connectivity index (χ3v) is 4.16. The minimum atomic E-state index is -0.197. The van der Waals surface area contributed by atoms with Crippen molar-refractivity contribution in [3.8, 4) is 17.2 Å². The van der Waals surface area contributed by atoms with E-state index in [2.05, 4.69) is 39.4 Å². The zero-order valence-electron chi connectivity index (χ0n) is 15.5. The van der Waals surface area contributed by atoms with Crippen LogP contribution in [0.3, 0.4) is 0 Å². The van der Waals surface area contributed by atoms with Gasteiger partial charge in [-0.1, -0.05) is 13.8 Å². The lowest BCUT2D eigenvalue weighted by atomic mass is 9.89. The molecule has 1 saturated heterocycles. The van der Waals surface area contributed by atoms with E-state index in [9.17, 15) is 0 Å². The van der Waals surface area contributed by atoms with E-state index in [1.807, 2.05) is 49.3 Å². The van der Waals surface area contributed by atoms with Gasteiger partial charge in [0, 0.05) is 44.1 Å². The van der Waals surface area contributed by atoms with Gasteiger partial charge in [-0.3, -0.25) is 4.68 Å². The van der Waals surface area contributed by atoms with E-state index in [1.54, 1.807) is 6.20 Å². The lowest BCUT2D eigenvalue weighted by Crippen LogP contribution is -2.60. The molecule has 27 heavy (non-hydrogen) atoms. The van der Waals surface area contributed by atoms with Crippen LogP contribution in [-0.2, 0) is 5.54 Å². The Kier molecular flexibility index (Phi) is 10.3. The average Bonchev–Trinajstić information content (AvgIpc) is 3.31. The highest BCUT2D eigenvalue weighted by molar-refractivity contribution is 7.74. The van der Waals surface area contributed by atoms with Gasteiger partial charge in [-0.15, -0.1) is 0 Å². The van der Waals surface area contributed by atoms with Crippen molar-refractivity contribution in [3.63, 3.8) is 0 Å². The number of hydrogen-bond acceptors (Lipinski definition) is 7. The van der Waals surface area contributed by atoms with Crippen LogP contribution in [0.15, 0.2) is 36.9 Å². The van der Waals surface area contributed by atoms with Crippen LogP contribution < -0.4 is 11.5 Å². The van der Waals surface area contributed by atoms with Crippen LogP contribution in [-0.4, -0.2) is 42.9 Å². The monoisotopic (exact) mass is 395 g/mol. The van der Waals surface area contributed by atoms with Crippen molar-refractivity contribution >= 4 is 23.9 Å². The second-order valence-corrected chi connectivity index (χ2v) is 5.43. The number of hydrogen-bond donors (Lipinski definition) is 5. The molecule has 150 valence electrons. The number of H-pyrrole nitrogens is 1. The largest absolute Gasteiger partial charge is 0.412 e. The summed E-state index contributed by atoms with van der Waals surface area (Å²) in [6, 6.07) is 6.28. The summed E-state index contributed by atoms with van der Waals surface area (Å²) in [5, 5.41) is 17.8. The molecule has 1 fully saturated rings. The van der Waals surface area contributed by atoms with Gasteiger partial charge in [0.1, 0.15) is 11.2 Å². The molecule has 3 aromatic rings. The topological polar surface area (TPSA) is 169 Å². The van der Waals surface area contributed by atoms with Gasteiger partial charge in [0.15, 0.2) is 0 Å². The van der Waals surface area contributed by atoms with Crippen LogP contribution in [0.5, 0.6) is 0 Å². The van der Waals surface area contributed by atoms with Crippen LogP contribution in [0, 0.1) is 11.3 Å². The second kappa shape index (κ2) is 11.3. The highest BCUT2D eigenvalue weighted by atomic mass is 32.1. The standard InChI is InChI=1S/C15H14N6.C2H6.H3N.H2OS.H2O.H2/c16-4-3-15(9-17-10-15)21-8-11(7-20-21)12-1-5-18-14-13(12)2-6-19-14;1-2;;1-2;;/h1-2,5-8,17H,3,9-10H2,(H,18,19);1-2H3;1H3;1-2H;1H2;1H. The summed E-state index contributed by atoms with van der Waals surface area (Å²) in [6.45, 7) is 5.58. The van der Waals surface area contributed by atoms with Crippen LogP contribution >= 0.6 is 12.9 Å². The Hall–Kier alpha value is -2.42. The molecule has 8 N–H and O–H groups in total. The van der Waals surface area contributed by atoms with Crippen molar-refractivity contribution in [3.05, 3.63) is 36.9 Å². The van der Waals surface area contributed by atoms with Crippen LogP contribution in [0.1, 0.15) is 21.7 Å². The number of nitriles is 1. The molecule has 10 heteroatoms. The van der Waals surface area contributed by atoms with E-state index in [0.717, 1.165) is 35.2 Å². The highest BCUT2D eigenvalue weighted by Gasteiger charge is 2.39. The first kappa shape index (κ1) is 24.6. The summed E-state index contributed by atoms with van der Waals surface area (Å²) in [7, 11) is 0. The van der Waals surface area contributed by atoms with Gasteiger partial charge in [-0.25, -0.2) is 4.98 Å². The van der Waals surface area contributed by atoms with Crippen molar-refractivity contribution in [2.45, 2.75) is 25.8 Å². The summed E-state index contributed by atoms with van der Waals surface area (Å²) in [5.74, 6) is 0.